The first-order chi connectivity index (χ1) is 10.3. The monoisotopic (exact) mass is 298 g/mol. The van der Waals surface area contributed by atoms with Crippen LogP contribution in [0.1, 0.15) is 9.75 Å². The Morgan fingerprint density at radius 1 is 1.29 bits per heavy atom. The third kappa shape index (κ3) is 2.92. The van der Waals surface area contributed by atoms with Crippen molar-refractivity contribution in [1.29, 1.82) is 0 Å². The highest BCUT2D eigenvalue weighted by molar-refractivity contribution is 7.12. The van der Waals surface area contributed by atoms with Gasteiger partial charge in [0.2, 0.25) is 0 Å². The summed E-state index contributed by atoms with van der Waals surface area (Å²) in [6.45, 7) is 0.971. The molecule has 4 nitrogen and oxygen atoms in total. The summed E-state index contributed by atoms with van der Waals surface area (Å²) in [4.78, 5) is 15.9. The van der Waals surface area contributed by atoms with Gasteiger partial charge in [0.05, 0.1) is 23.7 Å². The van der Waals surface area contributed by atoms with Gasteiger partial charge in [-0.3, -0.25) is 4.79 Å². The second-order valence-corrected chi connectivity index (χ2v) is 5.68. The Labute approximate surface area is 127 Å². The van der Waals surface area contributed by atoms with E-state index in [2.05, 4.69) is 11.8 Å². The van der Waals surface area contributed by atoms with Crippen LogP contribution in [0.4, 0.5) is 5.69 Å². The summed E-state index contributed by atoms with van der Waals surface area (Å²) in [5.74, 6) is 6.56. The highest BCUT2D eigenvalue weighted by Gasteiger charge is 2.25. The normalized spacial score (nSPS) is 13.2. The molecule has 0 unspecified atom stereocenters. The van der Waals surface area contributed by atoms with Gasteiger partial charge >= 0.3 is 0 Å². The third-order valence-corrected chi connectivity index (χ3v) is 4.08. The van der Waals surface area contributed by atoms with Gasteiger partial charge in [-0.05, 0) is 24.3 Å². The van der Waals surface area contributed by atoms with Crippen LogP contribution in [0, 0.1) is 11.8 Å². The van der Waals surface area contributed by atoms with Crippen LogP contribution in [0.25, 0.3) is 0 Å². The van der Waals surface area contributed by atoms with E-state index in [-0.39, 0.29) is 12.5 Å². The topological polar surface area (TPSA) is 55.6 Å². The first kappa shape index (κ1) is 13.7. The number of thiophene rings is 1. The molecular weight excluding hydrogens is 284 g/mol. The van der Waals surface area contributed by atoms with Gasteiger partial charge in [-0.15, -0.1) is 11.3 Å². The summed E-state index contributed by atoms with van der Waals surface area (Å²) in [5, 5.41) is 0. The minimum Gasteiger partial charge on any atom is -0.482 e. The van der Waals surface area contributed by atoms with E-state index < -0.39 is 0 Å². The predicted molar refractivity (Wildman–Crippen MR) is 83.4 cm³/mol. The Morgan fingerprint density at radius 2 is 2.14 bits per heavy atom. The molecule has 0 bridgehead atoms. The summed E-state index contributed by atoms with van der Waals surface area (Å²) in [6.07, 6.45) is 0. The lowest BCUT2D eigenvalue weighted by atomic mass is 10.2. The maximum Gasteiger partial charge on any atom is 0.265 e. The largest absolute Gasteiger partial charge is 0.482 e. The van der Waals surface area contributed by atoms with E-state index in [1.54, 1.807) is 16.2 Å². The molecular formula is C16H14N2O2S. The second kappa shape index (κ2) is 6.00. The molecule has 1 aromatic heterocycles. The maximum absolute atomic E-state index is 12.1. The number of nitrogens with two attached hydrogens (primary N) is 1. The van der Waals surface area contributed by atoms with Crippen LogP contribution in [0.2, 0.25) is 0 Å². The van der Waals surface area contributed by atoms with Crippen molar-refractivity contribution in [2.45, 2.75) is 6.54 Å². The van der Waals surface area contributed by atoms with Gasteiger partial charge in [0.1, 0.15) is 5.75 Å². The summed E-state index contributed by atoms with van der Waals surface area (Å²) in [7, 11) is 0. The highest BCUT2D eigenvalue weighted by atomic mass is 32.1. The van der Waals surface area contributed by atoms with Crippen molar-refractivity contribution in [1.82, 2.24) is 0 Å². The molecule has 0 spiro atoms. The third-order valence-electron chi connectivity index (χ3n) is 3.10. The number of para-hydroxylation sites is 2. The van der Waals surface area contributed by atoms with E-state index in [0.717, 1.165) is 21.2 Å². The Bertz CT molecular complexity index is 727. The molecule has 1 aromatic carbocycles. The SMILES string of the molecule is NCC#Cc1ccc(CN2C(=O)COc3ccccc32)s1. The quantitative estimate of drug-likeness (QED) is 0.863. The highest BCUT2D eigenvalue weighted by Crippen LogP contribution is 2.33. The number of hydrogen-bond acceptors (Lipinski definition) is 4. The van der Waals surface area contributed by atoms with Gasteiger partial charge in [-0.25, -0.2) is 0 Å². The van der Waals surface area contributed by atoms with E-state index in [9.17, 15) is 4.79 Å². The number of ether oxygens (including phenoxy) is 1. The van der Waals surface area contributed by atoms with Crippen LogP contribution in [-0.4, -0.2) is 19.1 Å². The molecule has 1 aliphatic heterocycles. The molecule has 0 atom stereocenters. The van der Waals surface area contributed by atoms with Crippen LogP contribution < -0.4 is 15.4 Å². The van der Waals surface area contributed by atoms with E-state index >= 15 is 0 Å². The van der Waals surface area contributed by atoms with Gasteiger partial charge in [0, 0.05) is 4.88 Å². The van der Waals surface area contributed by atoms with E-state index in [1.165, 1.54) is 0 Å². The maximum atomic E-state index is 12.1. The van der Waals surface area contributed by atoms with Gasteiger partial charge in [-0.1, -0.05) is 24.0 Å². The molecule has 5 heteroatoms. The lowest BCUT2D eigenvalue weighted by Crippen LogP contribution is -2.37. The van der Waals surface area contributed by atoms with Gasteiger partial charge in [-0.2, -0.15) is 0 Å². The summed E-state index contributed by atoms with van der Waals surface area (Å²) >= 11 is 1.58. The number of carbonyl (C=O) groups excluding carboxylic acids is 1. The number of rotatable bonds is 2. The number of carbonyl (C=O) groups is 1. The molecule has 1 amide bonds. The van der Waals surface area contributed by atoms with Crippen LogP contribution >= 0.6 is 11.3 Å². The van der Waals surface area contributed by atoms with Crippen LogP contribution in [-0.2, 0) is 11.3 Å². The zero-order valence-electron chi connectivity index (χ0n) is 11.3. The average Bonchev–Trinajstić information content (AvgIpc) is 2.96. The fourth-order valence-corrected chi connectivity index (χ4v) is 3.02. The smallest absolute Gasteiger partial charge is 0.265 e. The van der Waals surface area contributed by atoms with E-state index in [4.69, 9.17) is 10.5 Å². The molecule has 21 heavy (non-hydrogen) atoms. The Morgan fingerprint density at radius 3 is 3.00 bits per heavy atom. The van der Waals surface area contributed by atoms with Gasteiger partial charge in [0.25, 0.3) is 5.91 Å². The van der Waals surface area contributed by atoms with E-state index in [1.807, 2.05) is 36.4 Å². The standard InChI is InChI=1S/C16H14N2O2S/c17-9-3-4-12-7-8-13(21-12)10-18-14-5-1-2-6-15(14)20-11-16(18)19/h1-2,5-8H,9-11,17H2. The van der Waals surface area contributed by atoms with Crippen molar-refractivity contribution >= 4 is 22.9 Å². The van der Waals surface area contributed by atoms with Gasteiger partial charge < -0.3 is 15.4 Å². The van der Waals surface area contributed by atoms with Crippen molar-refractivity contribution < 1.29 is 9.53 Å². The van der Waals surface area contributed by atoms with Crippen molar-refractivity contribution in [3.63, 3.8) is 0 Å². The second-order valence-electron chi connectivity index (χ2n) is 4.51. The zero-order chi connectivity index (χ0) is 14.7. The Balaban J connectivity index is 1.84. The number of hydrogen-bond donors (Lipinski definition) is 1. The number of fused-ring (bicyclic) bond motifs is 1. The number of anilines is 1. The van der Waals surface area contributed by atoms with Crippen molar-refractivity contribution in [3.8, 4) is 17.6 Å². The van der Waals surface area contributed by atoms with Crippen molar-refractivity contribution in [2.75, 3.05) is 18.1 Å². The predicted octanol–water partition coefficient (Wildman–Crippen LogP) is 1.98. The first-order valence-corrected chi connectivity index (χ1v) is 7.39. The summed E-state index contributed by atoms with van der Waals surface area (Å²) in [5.41, 5.74) is 6.18. The van der Waals surface area contributed by atoms with E-state index in [0.29, 0.717) is 13.1 Å². The number of amides is 1. The lowest BCUT2D eigenvalue weighted by Gasteiger charge is -2.28. The molecule has 0 saturated heterocycles. The Hall–Kier alpha value is -2.29. The molecule has 2 heterocycles. The minimum atomic E-state index is -0.0308. The number of benzene rings is 1. The van der Waals surface area contributed by atoms with Crippen LogP contribution in [0.3, 0.4) is 0 Å². The van der Waals surface area contributed by atoms with Crippen molar-refractivity contribution in [2.24, 2.45) is 5.73 Å². The molecule has 0 fully saturated rings. The average molecular weight is 298 g/mol. The first-order valence-electron chi connectivity index (χ1n) is 6.58. The zero-order valence-corrected chi connectivity index (χ0v) is 12.2. The molecule has 106 valence electrons. The molecule has 0 aliphatic carbocycles. The van der Waals surface area contributed by atoms with Crippen LogP contribution in [0.15, 0.2) is 36.4 Å². The molecule has 2 aromatic rings. The molecule has 3 rings (SSSR count). The Kier molecular flexibility index (Phi) is 3.91. The fraction of sp³-hybridized carbons (Fsp3) is 0.188. The van der Waals surface area contributed by atoms with Crippen LogP contribution in [0.5, 0.6) is 5.75 Å². The molecule has 2 N–H and O–H groups in total. The summed E-state index contributed by atoms with van der Waals surface area (Å²) < 4.78 is 5.44. The van der Waals surface area contributed by atoms with Gasteiger partial charge in [0.15, 0.2) is 6.61 Å². The number of nitrogens with zero attached hydrogens (tertiary/aromatic N) is 1. The summed E-state index contributed by atoms with van der Waals surface area (Å²) in [6, 6.07) is 11.5. The lowest BCUT2D eigenvalue weighted by molar-refractivity contribution is -0.121. The molecule has 0 saturated carbocycles. The minimum absolute atomic E-state index is 0.0308. The van der Waals surface area contributed by atoms with Crippen molar-refractivity contribution in [3.05, 3.63) is 46.2 Å². The fourth-order valence-electron chi connectivity index (χ4n) is 2.15. The molecule has 0 radical (unpaired) electrons. The molecule has 1 aliphatic rings.